The highest BCUT2D eigenvalue weighted by atomic mass is 32.1. The lowest BCUT2D eigenvalue weighted by atomic mass is 9.85. The first kappa shape index (κ1) is 20.0. The van der Waals surface area contributed by atoms with Gasteiger partial charge in [-0.15, -0.1) is 11.3 Å². The largest absolute Gasteiger partial charge is 0.462 e. The van der Waals surface area contributed by atoms with Crippen LogP contribution in [0.5, 0.6) is 0 Å². The molecule has 1 aliphatic carbocycles. The van der Waals surface area contributed by atoms with E-state index < -0.39 is 16.8 Å². The Balaban J connectivity index is 1.97. The number of hydrogen-bond acceptors (Lipinski definition) is 6. The van der Waals surface area contributed by atoms with Crippen molar-refractivity contribution in [3.05, 3.63) is 55.9 Å². The van der Waals surface area contributed by atoms with Gasteiger partial charge in [0.15, 0.2) is 0 Å². The van der Waals surface area contributed by atoms with E-state index >= 15 is 0 Å². The zero-order valence-corrected chi connectivity index (χ0v) is 16.6. The molecule has 8 heteroatoms. The van der Waals surface area contributed by atoms with E-state index in [0.717, 1.165) is 36.1 Å². The van der Waals surface area contributed by atoms with E-state index in [4.69, 9.17) is 4.74 Å². The molecule has 1 unspecified atom stereocenters. The van der Waals surface area contributed by atoms with E-state index in [1.54, 1.807) is 13.0 Å². The Morgan fingerprint density at radius 3 is 2.75 bits per heavy atom. The van der Waals surface area contributed by atoms with Crippen molar-refractivity contribution in [1.82, 2.24) is 0 Å². The Kier molecular flexibility index (Phi) is 6.08. The summed E-state index contributed by atoms with van der Waals surface area (Å²) < 4.78 is 5.20. The van der Waals surface area contributed by atoms with Crippen molar-refractivity contribution in [2.45, 2.75) is 39.5 Å². The van der Waals surface area contributed by atoms with E-state index in [9.17, 15) is 19.7 Å². The number of nitrogens with one attached hydrogen (secondary N) is 1. The number of anilines is 1. The monoisotopic (exact) mass is 402 g/mol. The molecule has 1 N–H and O–H groups in total. The summed E-state index contributed by atoms with van der Waals surface area (Å²) >= 11 is 1.37. The molecule has 0 saturated carbocycles. The fourth-order valence-electron chi connectivity index (χ4n) is 3.51. The van der Waals surface area contributed by atoms with Crippen molar-refractivity contribution in [1.29, 1.82) is 0 Å². The number of fused-ring (bicyclic) bond motifs is 1. The van der Waals surface area contributed by atoms with E-state index in [1.165, 1.54) is 29.5 Å². The highest BCUT2D eigenvalue weighted by Crippen LogP contribution is 2.41. The fraction of sp³-hybridized carbons (Fsp3) is 0.400. The first-order chi connectivity index (χ1) is 13.5. The summed E-state index contributed by atoms with van der Waals surface area (Å²) in [7, 11) is 0. The van der Waals surface area contributed by atoms with Gasteiger partial charge in [0.05, 0.1) is 17.1 Å². The van der Waals surface area contributed by atoms with E-state index in [0.29, 0.717) is 16.5 Å². The molecular formula is C20H22N2O5S. The number of rotatable bonds is 6. The Morgan fingerprint density at radius 1 is 1.32 bits per heavy atom. The van der Waals surface area contributed by atoms with Crippen molar-refractivity contribution < 1.29 is 19.2 Å². The molecule has 1 heterocycles. The number of hydrogen-bond donors (Lipinski definition) is 1. The van der Waals surface area contributed by atoms with Gasteiger partial charge >= 0.3 is 5.97 Å². The molecule has 1 aliphatic rings. The van der Waals surface area contributed by atoms with Gasteiger partial charge in [-0.2, -0.15) is 0 Å². The molecule has 0 fully saturated rings. The maximum Gasteiger partial charge on any atom is 0.341 e. The zero-order chi connectivity index (χ0) is 20.3. The van der Waals surface area contributed by atoms with Crippen molar-refractivity contribution in [3.8, 4) is 0 Å². The molecular weight excluding hydrogens is 380 g/mol. The Morgan fingerprint density at radius 2 is 2.07 bits per heavy atom. The molecule has 0 spiro atoms. The number of carbonyl (C=O) groups excluding carboxylic acids is 2. The number of benzene rings is 1. The maximum atomic E-state index is 12.7. The SMILES string of the molecule is CCOC(=O)c1c(NC(=O)c2ccccc2[N+](=O)[O-])sc2c1CCC(CC)C2. The second-order valence-corrected chi connectivity index (χ2v) is 7.78. The topological polar surface area (TPSA) is 98.5 Å². The molecule has 1 amide bonds. The normalized spacial score (nSPS) is 15.6. The Hall–Kier alpha value is -2.74. The van der Waals surface area contributed by atoms with E-state index in [1.807, 2.05) is 0 Å². The van der Waals surface area contributed by atoms with Crippen LogP contribution in [0.3, 0.4) is 0 Å². The van der Waals surface area contributed by atoms with Gasteiger partial charge in [-0.3, -0.25) is 14.9 Å². The highest BCUT2D eigenvalue weighted by molar-refractivity contribution is 7.17. The van der Waals surface area contributed by atoms with Crippen LogP contribution in [0.25, 0.3) is 0 Å². The number of thiophene rings is 1. The van der Waals surface area contributed by atoms with Crippen LogP contribution in [0.4, 0.5) is 10.7 Å². The summed E-state index contributed by atoms with van der Waals surface area (Å²) in [6.45, 7) is 4.11. The standard InChI is InChI=1S/C20H22N2O5S/c1-3-12-9-10-14-16(11-12)28-19(17(14)20(24)27-4-2)21-18(23)13-7-5-6-8-15(13)22(25)26/h5-8,12H,3-4,9-11H2,1-2H3,(H,21,23). The molecule has 1 aromatic carbocycles. The Labute approximate surface area is 166 Å². The van der Waals surface area contributed by atoms with Gasteiger partial charge in [0.25, 0.3) is 11.6 Å². The number of nitro groups is 1. The number of amides is 1. The second kappa shape index (κ2) is 8.52. The van der Waals surface area contributed by atoms with E-state index in [2.05, 4.69) is 12.2 Å². The minimum Gasteiger partial charge on any atom is -0.462 e. The van der Waals surface area contributed by atoms with Crippen LogP contribution in [-0.2, 0) is 17.6 Å². The third-order valence-electron chi connectivity index (χ3n) is 5.00. The van der Waals surface area contributed by atoms with Gasteiger partial charge in [0.1, 0.15) is 10.6 Å². The third kappa shape index (κ3) is 3.91. The average molecular weight is 402 g/mol. The fourth-order valence-corrected chi connectivity index (χ4v) is 4.85. The lowest BCUT2D eigenvalue weighted by molar-refractivity contribution is -0.385. The van der Waals surface area contributed by atoms with Crippen LogP contribution < -0.4 is 5.32 Å². The molecule has 0 bridgehead atoms. The molecule has 148 valence electrons. The first-order valence-electron chi connectivity index (χ1n) is 9.32. The summed E-state index contributed by atoms with van der Waals surface area (Å²) in [5, 5.41) is 14.4. The third-order valence-corrected chi connectivity index (χ3v) is 6.17. The molecule has 0 aliphatic heterocycles. The van der Waals surface area contributed by atoms with Crippen LogP contribution >= 0.6 is 11.3 Å². The van der Waals surface area contributed by atoms with Gasteiger partial charge in [-0.1, -0.05) is 25.5 Å². The van der Waals surface area contributed by atoms with Gasteiger partial charge in [-0.05, 0) is 43.7 Å². The predicted molar refractivity (Wildman–Crippen MR) is 107 cm³/mol. The molecule has 1 atom stereocenters. The van der Waals surface area contributed by atoms with Crippen molar-refractivity contribution >= 4 is 33.9 Å². The highest BCUT2D eigenvalue weighted by Gasteiger charge is 2.30. The van der Waals surface area contributed by atoms with Gasteiger partial charge in [0.2, 0.25) is 0 Å². The maximum absolute atomic E-state index is 12.7. The number of nitro benzene ring substituents is 1. The first-order valence-corrected chi connectivity index (χ1v) is 10.1. The van der Waals surface area contributed by atoms with Crippen LogP contribution in [0.15, 0.2) is 24.3 Å². The summed E-state index contributed by atoms with van der Waals surface area (Å²) in [4.78, 5) is 37.0. The minimum atomic E-state index is -0.608. The average Bonchev–Trinajstić information content (AvgIpc) is 3.04. The number of esters is 1. The molecule has 0 saturated heterocycles. The summed E-state index contributed by atoms with van der Waals surface area (Å²) in [5.74, 6) is -0.517. The number of carbonyl (C=O) groups is 2. The summed E-state index contributed by atoms with van der Waals surface area (Å²) in [5.41, 5.74) is 1.01. The van der Waals surface area contributed by atoms with Crippen molar-refractivity contribution in [3.63, 3.8) is 0 Å². The molecule has 28 heavy (non-hydrogen) atoms. The smallest absolute Gasteiger partial charge is 0.341 e. The van der Waals surface area contributed by atoms with Crippen LogP contribution in [0, 0.1) is 16.0 Å². The van der Waals surface area contributed by atoms with Crippen LogP contribution in [0.2, 0.25) is 0 Å². The number of para-hydroxylation sites is 1. The number of ether oxygens (including phenoxy) is 1. The lowest BCUT2D eigenvalue weighted by Crippen LogP contribution is -2.17. The van der Waals surface area contributed by atoms with Crippen LogP contribution in [-0.4, -0.2) is 23.4 Å². The number of nitrogens with zero attached hydrogens (tertiary/aromatic N) is 1. The minimum absolute atomic E-state index is 0.0416. The van der Waals surface area contributed by atoms with Crippen molar-refractivity contribution in [2.75, 3.05) is 11.9 Å². The second-order valence-electron chi connectivity index (χ2n) is 6.67. The molecule has 3 rings (SSSR count). The van der Waals surface area contributed by atoms with Gasteiger partial charge in [-0.25, -0.2) is 4.79 Å². The molecule has 7 nitrogen and oxygen atoms in total. The zero-order valence-electron chi connectivity index (χ0n) is 15.8. The Bertz CT molecular complexity index is 921. The molecule has 0 radical (unpaired) electrons. The van der Waals surface area contributed by atoms with E-state index in [-0.39, 0.29) is 17.9 Å². The van der Waals surface area contributed by atoms with Crippen molar-refractivity contribution in [2.24, 2.45) is 5.92 Å². The van der Waals surface area contributed by atoms with Crippen LogP contribution in [0.1, 0.15) is 57.8 Å². The summed E-state index contributed by atoms with van der Waals surface area (Å²) in [6, 6.07) is 5.76. The lowest BCUT2D eigenvalue weighted by Gasteiger charge is -2.20. The molecule has 1 aromatic heterocycles. The van der Waals surface area contributed by atoms with Gasteiger partial charge in [0, 0.05) is 10.9 Å². The van der Waals surface area contributed by atoms with Gasteiger partial charge < -0.3 is 10.1 Å². The molecule has 2 aromatic rings. The quantitative estimate of drug-likeness (QED) is 0.432. The predicted octanol–water partition coefficient (Wildman–Crippen LogP) is 4.60. The summed E-state index contributed by atoms with van der Waals surface area (Å²) in [6.07, 6.45) is 3.68.